The first kappa shape index (κ1) is 22.6. The average molecular weight is 454 g/mol. The third-order valence-corrected chi connectivity index (χ3v) is 6.17. The Hall–Kier alpha value is -3.55. The number of ether oxygens (including phenoxy) is 3. The number of rotatable bonds is 6. The number of hydrogen-bond donors (Lipinski definition) is 0. The number of carbonyl (C=O) groups excluding carboxylic acids is 2. The summed E-state index contributed by atoms with van der Waals surface area (Å²) in [4.78, 5) is 28.7. The quantitative estimate of drug-likeness (QED) is 0.668. The van der Waals surface area contributed by atoms with E-state index in [2.05, 4.69) is 0 Å². The lowest BCUT2D eigenvalue weighted by Crippen LogP contribution is -2.40. The van der Waals surface area contributed by atoms with Crippen LogP contribution in [-0.4, -0.2) is 57.7 Å². The Bertz CT molecular complexity index is 1070. The molecule has 2 aromatic rings. The van der Waals surface area contributed by atoms with Crippen molar-refractivity contribution in [3.63, 3.8) is 0 Å². The number of halogens is 1. The third kappa shape index (κ3) is 4.37. The first-order valence-corrected chi connectivity index (χ1v) is 10.8. The van der Waals surface area contributed by atoms with Gasteiger partial charge in [-0.25, -0.2) is 4.39 Å². The topological polar surface area (TPSA) is 68.3 Å². The highest BCUT2D eigenvalue weighted by Gasteiger charge is 2.38. The summed E-state index contributed by atoms with van der Waals surface area (Å²) in [6.45, 7) is 1.11. The van der Waals surface area contributed by atoms with Crippen molar-refractivity contribution in [3.05, 3.63) is 53.9 Å². The van der Waals surface area contributed by atoms with E-state index in [4.69, 9.17) is 14.2 Å². The van der Waals surface area contributed by atoms with E-state index in [0.717, 1.165) is 11.1 Å². The van der Waals surface area contributed by atoms with Gasteiger partial charge in [0.2, 0.25) is 11.8 Å². The van der Waals surface area contributed by atoms with Gasteiger partial charge < -0.3 is 24.0 Å². The number of nitrogens with zero attached hydrogens (tertiary/aromatic N) is 2. The van der Waals surface area contributed by atoms with Gasteiger partial charge in [-0.1, -0.05) is 18.2 Å². The Morgan fingerprint density at radius 2 is 1.76 bits per heavy atom. The number of benzene rings is 2. The molecule has 1 fully saturated rings. The van der Waals surface area contributed by atoms with Crippen molar-refractivity contribution in [2.45, 2.75) is 12.8 Å². The van der Waals surface area contributed by atoms with Gasteiger partial charge in [0.15, 0.2) is 0 Å². The summed E-state index contributed by atoms with van der Waals surface area (Å²) in [7, 11) is 4.77. The molecule has 0 aliphatic carbocycles. The molecule has 1 atom stereocenters. The zero-order valence-corrected chi connectivity index (χ0v) is 19.0. The summed E-state index contributed by atoms with van der Waals surface area (Å²) < 4.78 is 30.6. The fourth-order valence-corrected chi connectivity index (χ4v) is 4.45. The summed E-state index contributed by atoms with van der Waals surface area (Å²) in [5.74, 6) is 0.624. The molecule has 2 aliphatic heterocycles. The molecule has 0 unspecified atom stereocenters. The zero-order chi connectivity index (χ0) is 23.5. The Morgan fingerprint density at radius 3 is 2.33 bits per heavy atom. The minimum Gasteiger partial charge on any atom is -0.496 e. The number of carbonyl (C=O) groups is 2. The van der Waals surface area contributed by atoms with Gasteiger partial charge in [0.25, 0.3) is 0 Å². The lowest BCUT2D eigenvalue weighted by Gasteiger charge is -2.29. The van der Waals surface area contributed by atoms with Crippen LogP contribution in [0.15, 0.2) is 42.5 Å². The maximum absolute atomic E-state index is 14.1. The normalized spacial score (nSPS) is 18.2. The van der Waals surface area contributed by atoms with Crippen molar-refractivity contribution in [2.24, 2.45) is 5.92 Å². The molecule has 2 heterocycles. The molecule has 0 spiro atoms. The number of para-hydroxylation sites is 1. The van der Waals surface area contributed by atoms with Crippen molar-refractivity contribution in [1.29, 1.82) is 0 Å². The van der Waals surface area contributed by atoms with Crippen LogP contribution >= 0.6 is 0 Å². The molecule has 0 N–H and O–H groups in total. The van der Waals surface area contributed by atoms with Crippen LogP contribution in [0.5, 0.6) is 17.2 Å². The van der Waals surface area contributed by atoms with E-state index in [-0.39, 0.29) is 30.5 Å². The van der Waals surface area contributed by atoms with Gasteiger partial charge in [0, 0.05) is 38.2 Å². The van der Waals surface area contributed by atoms with Gasteiger partial charge in [-0.05, 0) is 24.1 Å². The first-order valence-electron chi connectivity index (χ1n) is 10.8. The second-order valence-corrected chi connectivity index (χ2v) is 8.03. The number of anilines is 1. The summed E-state index contributed by atoms with van der Waals surface area (Å²) in [5, 5.41) is 0. The Morgan fingerprint density at radius 1 is 1.06 bits per heavy atom. The molecule has 0 aromatic heterocycles. The van der Waals surface area contributed by atoms with E-state index in [1.54, 1.807) is 56.6 Å². The van der Waals surface area contributed by atoms with E-state index < -0.39 is 11.7 Å². The SMILES string of the molecule is COc1cc(OC)c(C2=CCN(C(=O)[C@@H]3CC(=O)N(c4ccccc4F)C3)CC2)c(OC)c1. The molecule has 4 rings (SSSR count). The monoisotopic (exact) mass is 454 g/mol. The van der Waals surface area contributed by atoms with Crippen LogP contribution in [0.3, 0.4) is 0 Å². The van der Waals surface area contributed by atoms with Gasteiger partial charge in [-0.15, -0.1) is 0 Å². The number of methoxy groups -OCH3 is 3. The maximum atomic E-state index is 14.1. The standard InChI is InChI=1S/C25H27FN2O5/c1-31-18-13-21(32-2)24(22(14-18)33-3)16-8-10-27(11-9-16)25(30)17-12-23(29)28(15-17)20-7-5-4-6-19(20)26/h4-8,13-14,17H,9-12,15H2,1-3H3/t17-/m1/s1. The van der Waals surface area contributed by atoms with Crippen molar-refractivity contribution in [3.8, 4) is 17.2 Å². The maximum Gasteiger partial charge on any atom is 0.228 e. The molecule has 33 heavy (non-hydrogen) atoms. The van der Waals surface area contributed by atoms with E-state index in [9.17, 15) is 14.0 Å². The molecular formula is C25H27FN2O5. The van der Waals surface area contributed by atoms with Crippen LogP contribution in [0.25, 0.3) is 5.57 Å². The van der Waals surface area contributed by atoms with E-state index in [0.29, 0.717) is 36.8 Å². The van der Waals surface area contributed by atoms with Crippen molar-refractivity contribution < 1.29 is 28.2 Å². The van der Waals surface area contributed by atoms with E-state index in [1.165, 1.54) is 11.0 Å². The molecule has 7 nitrogen and oxygen atoms in total. The molecule has 8 heteroatoms. The molecule has 2 amide bonds. The summed E-state index contributed by atoms with van der Waals surface area (Å²) in [5.41, 5.74) is 2.08. The smallest absolute Gasteiger partial charge is 0.228 e. The molecule has 0 saturated carbocycles. The summed E-state index contributed by atoms with van der Waals surface area (Å²) in [6.07, 6.45) is 2.68. The second kappa shape index (κ2) is 9.52. The first-order chi connectivity index (χ1) is 16.0. The van der Waals surface area contributed by atoms with Crippen molar-refractivity contribution in [2.75, 3.05) is 45.9 Å². The number of amides is 2. The minimum atomic E-state index is -0.489. The Kier molecular flexibility index (Phi) is 6.53. The van der Waals surface area contributed by atoms with Crippen LogP contribution in [-0.2, 0) is 9.59 Å². The molecule has 2 aromatic carbocycles. The molecule has 0 radical (unpaired) electrons. The van der Waals surface area contributed by atoms with Crippen LogP contribution < -0.4 is 19.1 Å². The predicted molar refractivity (Wildman–Crippen MR) is 122 cm³/mol. The highest BCUT2D eigenvalue weighted by Crippen LogP contribution is 2.41. The van der Waals surface area contributed by atoms with Gasteiger partial charge in [0.1, 0.15) is 23.1 Å². The molecule has 174 valence electrons. The van der Waals surface area contributed by atoms with E-state index >= 15 is 0 Å². The van der Waals surface area contributed by atoms with Gasteiger partial charge >= 0.3 is 0 Å². The molecule has 2 aliphatic rings. The molecular weight excluding hydrogens is 427 g/mol. The fourth-order valence-electron chi connectivity index (χ4n) is 4.45. The highest BCUT2D eigenvalue weighted by molar-refractivity contribution is 6.00. The van der Waals surface area contributed by atoms with Crippen LogP contribution in [0, 0.1) is 11.7 Å². The van der Waals surface area contributed by atoms with Crippen molar-refractivity contribution in [1.82, 2.24) is 4.90 Å². The number of hydrogen-bond acceptors (Lipinski definition) is 5. The second-order valence-electron chi connectivity index (χ2n) is 8.03. The lowest BCUT2D eigenvalue weighted by molar-refractivity contribution is -0.135. The van der Waals surface area contributed by atoms with Crippen LogP contribution in [0.1, 0.15) is 18.4 Å². The summed E-state index contributed by atoms with van der Waals surface area (Å²) in [6, 6.07) is 9.74. The summed E-state index contributed by atoms with van der Waals surface area (Å²) >= 11 is 0. The van der Waals surface area contributed by atoms with Gasteiger partial charge in [-0.2, -0.15) is 0 Å². The Balaban J connectivity index is 1.49. The van der Waals surface area contributed by atoms with Gasteiger partial charge in [-0.3, -0.25) is 9.59 Å². The predicted octanol–water partition coefficient (Wildman–Crippen LogP) is 3.52. The van der Waals surface area contributed by atoms with Crippen molar-refractivity contribution >= 4 is 23.1 Å². The van der Waals surface area contributed by atoms with Crippen LogP contribution in [0.4, 0.5) is 10.1 Å². The fraction of sp³-hybridized carbons (Fsp3) is 0.360. The average Bonchev–Trinajstić information content (AvgIpc) is 3.24. The zero-order valence-electron chi connectivity index (χ0n) is 19.0. The lowest BCUT2D eigenvalue weighted by atomic mass is 9.96. The highest BCUT2D eigenvalue weighted by atomic mass is 19.1. The molecule has 0 bridgehead atoms. The third-order valence-electron chi connectivity index (χ3n) is 6.17. The van der Waals surface area contributed by atoms with Crippen LogP contribution in [0.2, 0.25) is 0 Å². The van der Waals surface area contributed by atoms with Gasteiger partial charge in [0.05, 0.1) is 38.5 Å². The Labute approximate surface area is 192 Å². The van der Waals surface area contributed by atoms with E-state index in [1.807, 2.05) is 6.08 Å². The largest absolute Gasteiger partial charge is 0.496 e. The minimum absolute atomic E-state index is 0.0837. The molecule has 1 saturated heterocycles.